The topological polar surface area (TPSA) is 134 Å². The van der Waals surface area contributed by atoms with Crippen LogP contribution in [0.4, 0.5) is 11.4 Å². The molecular formula is C17H18N4O6S. The molecule has 0 radical (unpaired) electrons. The van der Waals surface area contributed by atoms with Crippen LogP contribution in [-0.2, 0) is 14.8 Å². The van der Waals surface area contributed by atoms with Crippen molar-refractivity contribution in [2.24, 2.45) is 5.10 Å². The number of aromatic hydroxyl groups is 1. The summed E-state index contributed by atoms with van der Waals surface area (Å²) >= 11 is 0. The molecule has 2 aromatic rings. The number of hydrogen-bond donors (Lipinski definition) is 2. The van der Waals surface area contributed by atoms with E-state index in [0.29, 0.717) is 5.56 Å². The van der Waals surface area contributed by atoms with Gasteiger partial charge in [0.2, 0.25) is 10.0 Å². The summed E-state index contributed by atoms with van der Waals surface area (Å²) in [4.78, 5) is 10.6. The molecule has 28 heavy (non-hydrogen) atoms. The van der Waals surface area contributed by atoms with Crippen LogP contribution in [0.25, 0.3) is 0 Å². The largest absolute Gasteiger partial charge is 0.508 e. The van der Waals surface area contributed by atoms with Crippen molar-refractivity contribution in [3.63, 3.8) is 0 Å². The third kappa shape index (κ3) is 4.44. The Kier molecular flexibility index (Phi) is 5.87. The van der Waals surface area contributed by atoms with E-state index >= 15 is 0 Å². The minimum absolute atomic E-state index is 0.0438. The fourth-order valence-corrected chi connectivity index (χ4v) is 4.06. The van der Waals surface area contributed by atoms with Gasteiger partial charge in [-0.3, -0.25) is 15.5 Å². The van der Waals surface area contributed by atoms with Crippen LogP contribution in [0.2, 0.25) is 0 Å². The molecule has 1 heterocycles. The first-order valence-electron chi connectivity index (χ1n) is 8.32. The second-order valence-electron chi connectivity index (χ2n) is 5.92. The van der Waals surface area contributed by atoms with Crippen LogP contribution in [0.5, 0.6) is 5.75 Å². The summed E-state index contributed by atoms with van der Waals surface area (Å²) in [5.41, 5.74) is 2.75. The van der Waals surface area contributed by atoms with Gasteiger partial charge in [-0.25, -0.2) is 8.42 Å². The smallest absolute Gasteiger partial charge is 0.295 e. The van der Waals surface area contributed by atoms with Gasteiger partial charge in [0.15, 0.2) is 0 Å². The molecule has 0 unspecified atom stereocenters. The molecule has 0 atom stereocenters. The zero-order chi connectivity index (χ0) is 20.1. The van der Waals surface area contributed by atoms with Crippen molar-refractivity contribution >= 4 is 27.6 Å². The first-order valence-corrected chi connectivity index (χ1v) is 9.76. The fraction of sp³-hybridized carbons (Fsp3) is 0.235. The first-order chi connectivity index (χ1) is 13.4. The van der Waals surface area contributed by atoms with Gasteiger partial charge in [0.05, 0.1) is 29.2 Å². The number of hydrogen-bond acceptors (Lipinski definition) is 8. The average Bonchev–Trinajstić information content (AvgIpc) is 2.68. The van der Waals surface area contributed by atoms with Gasteiger partial charge in [0, 0.05) is 19.2 Å². The molecular weight excluding hydrogens is 388 g/mol. The van der Waals surface area contributed by atoms with Gasteiger partial charge < -0.3 is 9.84 Å². The second kappa shape index (κ2) is 8.33. The highest BCUT2D eigenvalue weighted by Gasteiger charge is 2.28. The summed E-state index contributed by atoms with van der Waals surface area (Å²) in [5, 5.41) is 24.7. The van der Waals surface area contributed by atoms with Gasteiger partial charge in [-0.15, -0.1) is 0 Å². The summed E-state index contributed by atoms with van der Waals surface area (Å²) in [7, 11) is -3.85. The van der Waals surface area contributed by atoms with Gasteiger partial charge in [-0.05, 0) is 29.8 Å². The van der Waals surface area contributed by atoms with Gasteiger partial charge in [-0.2, -0.15) is 9.41 Å². The average molecular weight is 406 g/mol. The van der Waals surface area contributed by atoms with Crippen molar-refractivity contribution in [2.75, 3.05) is 31.7 Å². The van der Waals surface area contributed by atoms with Crippen LogP contribution in [-0.4, -0.2) is 55.3 Å². The number of benzene rings is 2. The number of sulfonamides is 1. The minimum Gasteiger partial charge on any atom is -0.508 e. The maximum Gasteiger partial charge on any atom is 0.295 e. The molecule has 0 aliphatic carbocycles. The molecule has 1 aliphatic rings. The second-order valence-corrected chi connectivity index (χ2v) is 7.86. The maximum absolute atomic E-state index is 12.7. The quantitative estimate of drug-likeness (QED) is 0.424. The summed E-state index contributed by atoms with van der Waals surface area (Å²) in [6, 6.07) is 9.90. The van der Waals surface area contributed by atoms with E-state index in [9.17, 15) is 23.6 Å². The molecule has 0 amide bonds. The molecule has 1 aliphatic heterocycles. The lowest BCUT2D eigenvalue weighted by Crippen LogP contribution is -2.40. The number of rotatable bonds is 6. The Balaban J connectivity index is 1.84. The van der Waals surface area contributed by atoms with E-state index in [1.54, 1.807) is 12.1 Å². The van der Waals surface area contributed by atoms with E-state index in [-0.39, 0.29) is 42.6 Å². The molecule has 11 heteroatoms. The van der Waals surface area contributed by atoms with Gasteiger partial charge in [0.25, 0.3) is 5.69 Å². The highest BCUT2D eigenvalue weighted by molar-refractivity contribution is 7.89. The molecule has 0 saturated carbocycles. The number of anilines is 1. The number of nitro benzene ring substituents is 1. The molecule has 148 valence electrons. The number of nitro groups is 1. The number of nitrogens with one attached hydrogen (secondary N) is 1. The van der Waals surface area contributed by atoms with Crippen LogP contribution in [0.1, 0.15) is 5.56 Å². The Hall–Kier alpha value is -3.02. The Morgan fingerprint density at radius 2 is 1.96 bits per heavy atom. The van der Waals surface area contributed by atoms with Gasteiger partial charge in [-0.1, -0.05) is 12.1 Å². The van der Waals surface area contributed by atoms with E-state index in [1.165, 1.54) is 34.8 Å². The highest BCUT2D eigenvalue weighted by Crippen LogP contribution is 2.29. The van der Waals surface area contributed by atoms with Crippen LogP contribution in [0.15, 0.2) is 52.5 Å². The van der Waals surface area contributed by atoms with Crippen molar-refractivity contribution < 1.29 is 23.2 Å². The Morgan fingerprint density at radius 3 is 2.64 bits per heavy atom. The number of morpholine rings is 1. The fourth-order valence-electron chi connectivity index (χ4n) is 2.63. The molecule has 1 saturated heterocycles. The van der Waals surface area contributed by atoms with E-state index < -0.39 is 20.6 Å². The zero-order valence-corrected chi connectivity index (χ0v) is 15.5. The maximum atomic E-state index is 12.7. The minimum atomic E-state index is -3.85. The number of phenols is 1. The van der Waals surface area contributed by atoms with Crippen molar-refractivity contribution in [3.05, 3.63) is 58.1 Å². The number of ether oxygens (including phenoxy) is 1. The summed E-state index contributed by atoms with van der Waals surface area (Å²) in [6.07, 6.45) is 1.38. The number of phenolic OH excluding ortho intramolecular Hbond substituents is 1. The van der Waals surface area contributed by atoms with E-state index in [4.69, 9.17) is 4.74 Å². The van der Waals surface area contributed by atoms with Gasteiger partial charge in [0.1, 0.15) is 11.4 Å². The molecule has 1 fully saturated rings. The first kappa shape index (κ1) is 19.7. The summed E-state index contributed by atoms with van der Waals surface area (Å²) < 4.78 is 31.7. The van der Waals surface area contributed by atoms with Crippen molar-refractivity contribution in [1.82, 2.24) is 4.31 Å². The number of nitrogens with zero attached hydrogens (tertiary/aromatic N) is 3. The molecule has 0 bridgehead atoms. The van der Waals surface area contributed by atoms with Crippen molar-refractivity contribution in [3.8, 4) is 5.75 Å². The molecule has 2 N–H and O–H groups in total. The molecule has 2 aromatic carbocycles. The molecule has 0 aromatic heterocycles. The van der Waals surface area contributed by atoms with E-state index in [2.05, 4.69) is 10.5 Å². The Labute approximate surface area is 161 Å². The Bertz CT molecular complexity index is 1000. The standard InChI is InChI=1S/C17H18N4O6S/c22-14-3-1-2-13(10-14)12-18-19-16-5-4-15(11-17(16)21(23)24)28(25,26)20-6-8-27-9-7-20/h1-5,10-12,19,22H,6-9H2/b18-12-. The number of hydrazone groups is 1. The molecule has 0 spiro atoms. The highest BCUT2D eigenvalue weighted by atomic mass is 32.2. The van der Waals surface area contributed by atoms with Crippen molar-refractivity contribution in [1.29, 1.82) is 0 Å². The molecule has 3 rings (SSSR count). The predicted octanol–water partition coefficient (Wildman–Crippen LogP) is 1.77. The zero-order valence-electron chi connectivity index (χ0n) is 14.7. The van der Waals surface area contributed by atoms with Crippen LogP contribution < -0.4 is 5.43 Å². The molecule has 10 nitrogen and oxygen atoms in total. The normalized spacial score (nSPS) is 15.6. The van der Waals surface area contributed by atoms with Crippen molar-refractivity contribution in [2.45, 2.75) is 4.90 Å². The lowest BCUT2D eigenvalue weighted by molar-refractivity contribution is -0.384. The van der Waals surface area contributed by atoms with E-state index in [0.717, 1.165) is 6.07 Å². The third-order valence-corrected chi connectivity index (χ3v) is 5.94. The summed E-state index contributed by atoms with van der Waals surface area (Å²) in [5.74, 6) is 0.0626. The monoisotopic (exact) mass is 406 g/mol. The predicted molar refractivity (Wildman–Crippen MR) is 102 cm³/mol. The van der Waals surface area contributed by atoms with Crippen LogP contribution >= 0.6 is 0 Å². The lowest BCUT2D eigenvalue weighted by Gasteiger charge is -2.26. The van der Waals surface area contributed by atoms with Gasteiger partial charge >= 0.3 is 0 Å². The van der Waals surface area contributed by atoms with Crippen LogP contribution in [0.3, 0.4) is 0 Å². The lowest BCUT2D eigenvalue weighted by atomic mass is 10.2. The van der Waals surface area contributed by atoms with E-state index in [1.807, 2.05) is 0 Å². The third-order valence-electron chi connectivity index (χ3n) is 4.04. The SMILES string of the molecule is O=[N+]([O-])c1cc(S(=O)(=O)N2CCOCC2)ccc1N/N=C\c1cccc(O)c1. The Morgan fingerprint density at radius 1 is 1.21 bits per heavy atom. The van der Waals surface area contributed by atoms with Crippen LogP contribution in [0, 0.1) is 10.1 Å². The summed E-state index contributed by atoms with van der Waals surface area (Å²) in [6.45, 7) is 0.962.